The van der Waals surface area contributed by atoms with Gasteiger partial charge in [0.25, 0.3) is 0 Å². The van der Waals surface area contributed by atoms with Crippen molar-refractivity contribution in [2.24, 2.45) is 0 Å². The number of H-pyrrole nitrogens is 1. The van der Waals surface area contributed by atoms with Crippen molar-refractivity contribution in [3.8, 4) is 28.5 Å². The van der Waals surface area contributed by atoms with Crippen LogP contribution in [0.4, 0.5) is 0 Å². The summed E-state index contributed by atoms with van der Waals surface area (Å²) in [6, 6.07) is 15.9. The van der Waals surface area contributed by atoms with E-state index in [1.54, 1.807) is 4.57 Å². The van der Waals surface area contributed by atoms with Crippen molar-refractivity contribution >= 4 is 0 Å². The molecule has 4 aromatic heterocycles. The van der Waals surface area contributed by atoms with Gasteiger partial charge >= 0.3 is 5.69 Å². The highest BCUT2D eigenvalue weighted by Crippen LogP contribution is 2.28. The van der Waals surface area contributed by atoms with E-state index in [2.05, 4.69) is 39.0 Å². The average molecular weight is 483 g/mol. The van der Waals surface area contributed by atoms with E-state index in [4.69, 9.17) is 4.98 Å². The number of imidazole rings is 1. The van der Waals surface area contributed by atoms with Crippen LogP contribution in [0, 0.1) is 0 Å². The third-order valence-corrected chi connectivity index (χ3v) is 6.33. The third-order valence-electron chi connectivity index (χ3n) is 6.33. The van der Waals surface area contributed by atoms with Gasteiger partial charge in [-0.15, -0.1) is 5.10 Å². The topological polar surface area (TPSA) is 99.2 Å². The normalized spacial score (nSPS) is 11.3. The molecule has 184 valence electrons. The van der Waals surface area contributed by atoms with Crippen molar-refractivity contribution in [1.29, 1.82) is 0 Å². The summed E-state index contributed by atoms with van der Waals surface area (Å²) in [6.45, 7) is 5.66. The molecule has 0 fully saturated rings. The predicted molar refractivity (Wildman–Crippen MR) is 139 cm³/mol. The van der Waals surface area contributed by atoms with Gasteiger partial charge in [-0.3, -0.25) is 14.1 Å². The van der Waals surface area contributed by atoms with Crippen LogP contribution in [0.3, 0.4) is 0 Å². The number of unbranched alkanes of at least 4 members (excludes halogenated alkanes) is 1. The van der Waals surface area contributed by atoms with Gasteiger partial charge in [-0.2, -0.15) is 0 Å². The highest BCUT2D eigenvalue weighted by atomic mass is 16.1. The third kappa shape index (κ3) is 4.64. The minimum Gasteiger partial charge on any atom is -0.334 e. The zero-order valence-electron chi connectivity index (χ0n) is 20.6. The summed E-state index contributed by atoms with van der Waals surface area (Å²) in [4.78, 5) is 18.3. The number of tetrazole rings is 1. The molecule has 1 N–H and O–H groups in total. The Morgan fingerprint density at radius 3 is 2.56 bits per heavy atom. The van der Waals surface area contributed by atoms with E-state index >= 15 is 0 Å². The van der Waals surface area contributed by atoms with Gasteiger partial charge in [0, 0.05) is 42.0 Å². The molecule has 4 heterocycles. The Balaban J connectivity index is 1.46. The molecule has 0 amide bonds. The summed E-state index contributed by atoms with van der Waals surface area (Å²) >= 11 is 0. The minimum absolute atomic E-state index is 0.0237. The van der Waals surface area contributed by atoms with Crippen LogP contribution in [-0.4, -0.2) is 39.3 Å². The standard InChI is InChI=1S/C27H30N8O/c1-3-5-9-21-19-35(25-12-8-16-33(25)15-4-2)27(36)34(21)18-20-13-14-24(28-17-20)22-10-6-7-11-23(22)26-29-31-32-30-26/h6-8,10-14,16-17,19H,3-5,9,15,18H2,1-2H3,(H,29,30,31,32). The van der Waals surface area contributed by atoms with Gasteiger partial charge in [-0.1, -0.05) is 50.6 Å². The lowest BCUT2D eigenvalue weighted by Gasteiger charge is -2.09. The van der Waals surface area contributed by atoms with E-state index in [0.29, 0.717) is 12.4 Å². The number of benzene rings is 1. The van der Waals surface area contributed by atoms with Gasteiger partial charge in [-0.25, -0.2) is 9.89 Å². The Labute approximate surface area is 209 Å². The number of nitrogens with zero attached hydrogens (tertiary/aromatic N) is 7. The molecule has 0 bridgehead atoms. The quantitative estimate of drug-likeness (QED) is 0.316. The Morgan fingerprint density at radius 1 is 0.972 bits per heavy atom. The van der Waals surface area contributed by atoms with Gasteiger partial charge in [0.05, 0.1) is 12.2 Å². The van der Waals surface area contributed by atoms with E-state index in [0.717, 1.165) is 66.1 Å². The van der Waals surface area contributed by atoms with E-state index in [1.165, 1.54) is 0 Å². The van der Waals surface area contributed by atoms with Crippen molar-refractivity contribution < 1.29 is 0 Å². The fraction of sp³-hybridized carbons (Fsp3) is 0.296. The number of nitrogens with one attached hydrogen (secondary N) is 1. The highest BCUT2D eigenvalue weighted by Gasteiger charge is 2.16. The second-order valence-corrected chi connectivity index (χ2v) is 8.87. The Morgan fingerprint density at radius 2 is 1.83 bits per heavy atom. The first-order valence-electron chi connectivity index (χ1n) is 12.4. The molecule has 0 radical (unpaired) electrons. The fourth-order valence-corrected chi connectivity index (χ4v) is 4.52. The highest BCUT2D eigenvalue weighted by molar-refractivity contribution is 5.78. The van der Waals surface area contributed by atoms with Crippen molar-refractivity contribution in [1.82, 2.24) is 39.3 Å². The summed E-state index contributed by atoms with van der Waals surface area (Å²) < 4.78 is 5.79. The van der Waals surface area contributed by atoms with Crippen molar-refractivity contribution in [2.45, 2.75) is 52.6 Å². The number of rotatable bonds is 10. The summed E-state index contributed by atoms with van der Waals surface area (Å²) in [5.74, 6) is 1.50. The lowest BCUT2D eigenvalue weighted by atomic mass is 10.0. The number of aryl methyl sites for hydroxylation is 2. The number of aromatic nitrogens is 8. The number of hydrogen-bond acceptors (Lipinski definition) is 5. The van der Waals surface area contributed by atoms with Gasteiger partial charge in [0.1, 0.15) is 5.82 Å². The molecular weight excluding hydrogens is 452 g/mol. The molecule has 0 aliphatic heterocycles. The molecule has 0 saturated heterocycles. The molecule has 9 nitrogen and oxygen atoms in total. The zero-order valence-corrected chi connectivity index (χ0v) is 20.6. The van der Waals surface area contributed by atoms with E-state index < -0.39 is 0 Å². The Hall–Kier alpha value is -4.27. The van der Waals surface area contributed by atoms with Crippen LogP contribution in [0.5, 0.6) is 0 Å². The lowest BCUT2D eigenvalue weighted by molar-refractivity contribution is 0.644. The summed E-state index contributed by atoms with van der Waals surface area (Å²) in [7, 11) is 0. The summed E-state index contributed by atoms with van der Waals surface area (Å²) in [5, 5.41) is 14.2. The van der Waals surface area contributed by atoms with Crippen LogP contribution in [0.25, 0.3) is 28.5 Å². The maximum atomic E-state index is 13.5. The first kappa shape index (κ1) is 23.5. The first-order chi connectivity index (χ1) is 17.7. The molecular formula is C27H30N8O. The number of hydrogen-bond donors (Lipinski definition) is 1. The molecule has 0 atom stereocenters. The van der Waals surface area contributed by atoms with Crippen LogP contribution in [0.2, 0.25) is 0 Å². The molecule has 5 aromatic rings. The monoisotopic (exact) mass is 482 g/mol. The van der Waals surface area contributed by atoms with Gasteiger partial charge < -0.3 is 4.57 Å². The van der Waals surface area contributed by atoms with Crippen LogP contribution >= 0.6 is 0 Å². The minimum atomic E-state index is -0.0237. The smallest absolute Gasteiger partial charge is 0.334 e. The number of pyridine rings is 1. The molecule has 0 aliphatic carbocycles. The zero-order chi connectivity index (χ0) is 24.9. The predicted octanol–water partition coefficient (Wildman–Crippen LogP) is 4.48. The Kier molecular flexibility index (Phi) is 6.88. The van der Waals surface area contributed by atoms with E-state index in [-0.39, 0.29) is 5.69 Å². The van der Waals surface area contributed by atoms with Crippen LogP contribution in [0.15, 0.2) is 71.9 Å². The summed E-state index contributed by atoms with van der Waals surface area (Å²) in [5.41, 5.74) is 4.63. The largest absolute Gasteiger partial charge is 0.334 e. The Bertz CT molecular complexity index is 1480. The summed E-state index contributed by atoms with van der Waals surface area (Å²) in [6.07, 6.45) is 9.85. The fourth-order valence-electron chi connectivity index (χ4n) is 4.52. The van der Waals surface area contributed by atoms with Gasteiger partial charge in [0.15, 0.2) is 5.82 Å². The van der Waals surface area contributed by atoms with E-state index in [9.17, 15) is 4.79 Å². The second-order valence-electron chi connectivity index (χ2n) is 8.87. The van der Waals surface area contributed by atoms with E-state index in [1.807, 2.05) is 71.7 Å². The SMILES string of the molecule is CCCCc1cn(-c2cccn2CCC)c(=O)n1Cc1ccc(-c2ccccc2-c2nnn[nH]2)nc1. The first-order valence-corrected chi connectivity index (χ1v) is 12.4. The van der Waals surface area contributed by atoms with Gasteiger partial charge in [0.2, 0.25) is 0 Å². The maximum Gasteiger partial charge on any atom is 0.334 e. The maximum absolute atomic E-state index is 13.5. The molecule has 0 saturated carbocycles. The van der Waals surface area contributed by atoms with Crippen LogP contribution in [0.1, 0.15) is 44.4 Å². The van der Waals surface area contributed by atoms with Crippen molar-refractivity contribution in [3.05, 3.63) is 88.9 Å². The molecule has 36 heavy (non-hydrogen) atoms. The second kappa shape index (κ2) is 10.6. The molecule has 0 unspecified atom stereocenters. The number of aromatic amines is 1. The molecule has 0 aliphatic rings. The molecule has 0 spiro atoms. The van der Waals surface area contributed by atoms with Crippen LogP contribution in [-0.2, 0) is 19.5 Å². The van der Waals surface area contributed by atoms with Crippen molar-refractivity contribution in [3.63, 3.8) is 0 Å². The average Bonchev–Trinajstić information content (AvgIpc) is 3.66. The molecule has 9 heteroatoms. The van der Waals surface area contributed by atoms with Crippen molar-refractivity contribution in [2.75, 3.05) is 0 Å². The van der Waals surface area contributed by atoms with Crippen LogP contribution < -0.4 is 5.69 Å². The van der Waals surface area contributed by atoms with Gasteiger partial charge in [-0.05, 0) is 53.5 Å². The lowest BCUT2D eigenvalue weighted by Crippen LogP contribution is -2.26. The molecule has 1 aromatic carbocycles. The molecule has 5 rings (SSSR count).